The van der Waals surface area contributed by atoms with Gasteiger partial charge < -0.3 is 20.1 Å². The molecular weight excluding hydrogens is 749 g/mol. The van der Waals surface area contributed by atoms with E-state index < -0.39 is 5.91 Å². The van der Waals surface area contributed by atoms with Gasteiger partial charge in [-0.1, -0.05) is 38.1 Å². The molecule has 0 spiro atoms. The Labute approximate surface area is 343 Å². The molecule has 3 N–H and O–H groups in total. The Morgan fingerprint density at radius 3 is 2.46 bits per heavy atom. The Kier molecular flexibility index (Phi) is 10.9. The Hall–Kier alpha value is -6.16. The van der Waals surface area contributed by atoms with Crippen molar-refractivity contribution in [2.75, 3.05) is 41.3 Å². The molecule has 2 aromatic carbocycles. The number of benzene rings is 2. The Morgan fingerprint density at radius 1 is 0.983 bits per heavy atom. The summed E-state index contributed by atoms with van der Waals surface area (Å²) in [6.07, 6.45) is 4.09. The third kappa shape index (κ3) is 8.82. The molecule has 6 heterocycles. The highest BCUT2D eigenvalue weighted by Crippen LogP contribution is 2.31. The van der Waals surface area contributed by atoms with Crippen LogP contribution in [0.5, 0.6) is 0 Å². The lowest BCUT2D eigenvalue weighted by atomic mass is 9.94. The quantitative estimate of drug-likeness (QED) is 0.147. The number of hydrogen-bond donors (Lipinski definition) is 3. The van der Waals surface area contributed by atoms with Crippen molar-refractivity contribution in [1.82, 2.24) is 45.4 Å². The molecule has 16 nitrogen and oxygen atoms in total. The Bertz CT molecular complexity index is 2340. The number of anilines is 4. The molecule has 16 heteroatoms. The fourth-order valence-corrected chi connectivity index (χ4v) is 8.13. The van der Waals surface area contributed by atoms with Crippen molar-refractivity contribution in [3.05, 3.63) is 89.5 Å². The predicted molar refractivity (Wildman–Crippen MR) is 223 cm³/mol. The summed E-state index contributed by atoms with van der Waals surface area (Å²) in [5.41, 5.74) is 6.49. The van der Waals surface area contributed by atoms with E-state index in [0.717, 1.165) is 85.1 Å². The van der Waals surface area contributed by atoms with Crippen LogP contribution in [0.4, 0.5) is 27.8 Å². The molecule has 3 aromatic heterocycles. The maximum atomic E-state index is 12.9. The van der Waals surface area contributed by atoms with Gasteiger partial charge in [0.15, 0.2) is 11.6 Å². The average Bonchev–Trinajstić information content (AvgIpc) is 3.86. The number of carbonyl (C=O) groups excluding carboxylic acids is 3. The normalized spacial score (nSPS) is 18.4. The molecule has 308 valence electrons. The van der Waals surface area contributed by atoms with Crippen molar-refractivity contribution in [3.63, 3.8) is 0 Å². The van der Waals surface area contributed by atoms with Gasteiger partial charge in [0.05, 0.1) is 24.0 Å². The topological polar surface area (TPSA) is 180 Å². The Balaban J connectivity index is 0.842. The van der Waals surface area contributed by atoms with Gasteiger partial charge in [0, 0.05) is 79.7 Å². The van der Waals surface area contributed by atoms with Crippen LogP contribution in [0, 0.1) is 12.8 Å². The van der Waals surface area contributed by atoms with E-state index in [-0.39, 0.29) is 29.3 Å². The smallest absolute Gasteiger partial charge is 0.328 e. The van der Waals surface area contributed by atoms with E-state index in [9.17, 15) is 14.4 Å². The first-order valence-electron chi connectivity index (χ1n) is 20.4. The number of fused-ring (bicyclic) bond motifs is 1. The van der Waals surface area contributed by atoms with Crippen molar-refractivity contribution < 1.29 is 18.9 Å². The number of piperidine rings is 1. The molecule has 3 aliphatic heterocycles. The minimum atomic E-state index is -0.413. The minimum absolute atomic E-state index is 0.0515. The number of urea groups is 1. The summed E-state index contributed by atoms with van der Waals surface area (Å²) < 4.78 is 7.33. The van der Waals surface area contributed by atoms with Crippen LogP contribution < -0.4 is 25.8 Å². The molecule has 1 unspecified atom stereocenters. The van der Waals surface area contributed by atoms with Gasteiger partial charge in [-0.3, -0.25) is 29.4 Å². The number of hydrogen-bond acceptors (Lipinski definition) is 12. The second-order valence-corrected chi connectivity index (χ2v) is 17.0. The molecule has 2 saturated heterocycles. The highest BCUT2D eigenvalue weighted by Gasteiger charge is 2.30. The third-order valence-electron chi connectivity index (χ3n) is 11.6. The van der Waals surface area contributed by atoms with E-state index in [0.29, 0.717) is 36.6 Å². The molecular formula is C43H52N12O4. The molecule has 0 radical (unpaired) electrons. The number of carbonyl (C=O) groups is 3. The van der Waals surface area contributed by atoms with Crippen molar-refractivity contribution >= 4 is 40.9 Å². The fraction of sp³-hybridized carbons (Fsp3) is 0.442. The van der Waals surface area contributed by atoms with Gasteiger partial charge in [-0.05, 0) is 81.0 Å². The van der Waals surface area contributed by atoms with E-state index >= 15 is 0 Å². The lowest BCUT2D eigenvalue weighted by Crippen LogP contribution is -2.49. The number of aromatic nitrogens is 6. The maximum Gasteiger partial charge on any atom is 0.328 e. The number of amides is 4. The monoisotopic (exact) mass is 800 g/mol. The minimum Gasteiger partial charge on any atom is -0.372 e. The summed E-state index contributed by atoms with van der Waals surface area (Å²) >= 11 is 0. The van der Waals surface area contributed by atoms with Crippen LogP contribution in [-0.4, -0.2) is 84.9 Å². The molecule has 0 aliphatic carbocycles. The zero-order valence-electron chi connectivity index (χ0n) is 34.5. The first-order chi connectivity index (χ1) is 28.3. The Morgan fingerprint density at radius 2 is 1.75 bits per heavy atom. The number of aryl methyl sites for hydroxylation is 1. The summed E-state index contributed by atoms with van der Waals surface area (Å²) in [5, 5.41) is 17.6. The summed E-state index contributed by atoms with van der Waals surface area (Å²) in [5.74, 6) is 1.80. The average molecular weight is 801 g/mol. The highest BCUT2D eigenvalue weighted by atomic mass is 16.5. The van der Waals surface area contributed by atoms with Gasteiger partial charge in [0.2, 0.25) is 5.91 Å². The van der Waals surface area contributed by atoms with Crippen LogP contribution in [0.1, 0.15) is 93.3 Å². The number of nitrogens with zero attached hydrogens (tertiary/aromatic N) is 9. The van der Waals surface area contributed by atoms with Gasteiger partial charge in [-0.15, -0.1) is 0 Å². The van der Waals surface area contributed by atoms with Crippen LogP contribution in [0.25, 0.3) is 11.3 Å². The summed E-state index contributed by atoms with van der Waals surface area (Å²) in [4.78, 5) is 56.6. The van der Waals surface area contributed by atoms with Gasteiger partial charge in [0.1, 0.15) is 12.1 Å². The zero-order chi connectivity index (χ0) is 41.4. The van der Waals surface area contributed by atoms with Crippen LogP contribution in [-0.2, 0) is 23.3 Å². The zero-order valence-corrected chi connectivity index (χ0v) is 34.5. The predicted octanol–water partition coefficient (Wildman–Crippen LogP) is 6.13. The van der Waals surface area contributed by atoms with Crippen LogP contribution in [0.2, 0.25) is 0 Å². The van der Waals surface area contributed by atoms with Crippen LogP contribution >= 0.6 is 0 Å². The van der Waals surface area contributed by atoms with E-state index in [1.807, 2.05) is 65.0 Å². The first kappa shape index (κ1) is 39.7. The number of imide groups is 1. The molecule has 59 heavy (non-hydrogen) atoms. The number of nitrogens with one attached hydrogen (secondary N) is 3. The third-order valence-corrected chi connectivity index (χ3v) is 11.6. The van der Waals surface area contributed by atoms with Gasteiger partial charge >= 0.3 is 17.8 Å². The fourth-order valence-electron chi connectivity index (χ4n) is 8.13. The van der Waals surface area contributed by atoms with Crippen molar-refractivity contribution in [2.45, 2.75) is 91.4 Å². The molecule has 0 saturated carbocycles. The van der Waals surface area contributed by atoms with Crippen molar-refractivity contribution in [1.29, 1.82) is 0 Å². The van der Waals surface area contributed by atoms with Crippen molar-refractivity contribution in [2.24, 2.45) is 5.92 Å². The van der Waals surface area contributed by atoms with E-state index in [4.69, 9.17) is 9.62 Å². The summed E-state index contributed by atoms with van der Waals surface area (Å²) in [7, 11) is 0. The molecule has 2 fully saturated rings. The lowest BCUT2D eigenvalue weighted by Gasteiger charge is -2.39. The molecule has 5 aromatic rings. The SMILES string of the molecule is Cc1cc(-c2cc(Nc3cc4n(n3)CC(C)N(CC3CCN(c5ccc(N6CCC(=O)NC6=O)cc5)CC3)C4)ncn2)ccc1[C@@H](C)NC(=O)c1nc(C(C)(C)C)no1. The van der Waals surface area contributed by atoms with Crippen LogP contribution in [0.15, 0.2) is 65.4 Å². The van der Waals surface area contributed by atoms with E-state index in [2.05, 4.69) is 81.7 Å². The number of rotatable bonds is 10. The maximum absolute atomic E-state index is 12.9. The molecule has 8 rings (SSSR count). The van der Waals surface area contributed by atoms with E-state index in [1.54, 1.807) is 11.2 Å². The molecule has 2 atom stereocenters. The van der Waals surface area contributed by atoms with Gasteiger partial charge in [-0.25, -0.2) is 14.8 Å². The molecule has 3 aliphatic rings. The van der Waals surface area contributed by atoms with Gasteiger partial charge in [-0.2, -0.15) is 10.1 Å². The van der Waals surface area contributed by atoms with Crippen molar-refractivity contribution in [3.8, 4) is 11.3 Å². The summed E-state index contributed by atoms with van der Waals surface area (Å²) in [6, 6.07) is 17.9. The molecule has 4 amide bonds. The van der Waals surface area contributed by atoms with Gasteiger partial charge in [0.25, 0.3) is 0 Å². The first-order valence-corrected chi connectivity index (χ1v) is 20.4. The second kappa shape index (κ2) is 16.2. The summed E-state index contributed by atoms with van der Waals surface area (Å²) in [6.45, 7) is 17.2. The standard InChI is InChI=1S/C43H52N12O4/c1-26-19-30(7-12-34(26)28(3)46-39(57)40-49-41(51-59-40)43(4,5)6)35-21-36(45-25-44-35)47-37-20-33-24-53(27(2)22-55(33)50-37)23-29-13-16-52(17-14-29)31-8-10-32(11-9-31)54-18-15-38(56)48-42(54)58/h7-12,19-21,25,27-29H,13-18,22-24H2,1-6H3,(H,46,57)(H,48,56,58)(H,44,45,47,50)/t27?,28-/m1/s1. The van der Waals surface area contributed by atoms with Crippen LogP contribution in [0.3, 0.4) is 0 Å². The largest absolute Gasteiger partial charge is 0.372 e. The highest BCUT2D eigenvalue weighted by molar-refractivity contribution is 6.05. The second-order valence-electron chi connectivity index (χ2n) is 17.0. The molecule has 0 bridgehead atoms. The lowest BCUT2D eigenvalue weighted by molar-refractivity contribution is -0.120. The van der Waals surface area contributed by atoms with E-state index in [1.165, 1.54) is 5.69 Å².